The number of amides is 1. The van der Waals surface area contributed by atoms with Gasteiger partial charge in [0.1, 0.15) is 11.5 Å². The second kappa shape index (κ2) is 11.5. The minimum absolute atomic E-state index is 0.110. The van der Waals surface area contributed by atoms with Crippen LogP contribution in [0.5, 0.6) is 5.75 Å². The minimum atomic E-state index is -4.81. The first-order chi connectivity index (χ1) is 14.6. The summed E-state index contributed by atoms with van der Waals surface area (Å²) in [5.74, 6) is -0.519. The molecule has 0 saturated carbocycles. The van der Waals surface area contributed by atoms with E-state index < -0.39 is 22.8 Å². The highest BCUT2D eigenvalue weighted by molar-refractivity contribution is 8.15. The summed E-state index contributed by atoms with van der Waals surface area (Å²) < 4.78 is 46.0. The molecule has 172 valence electrons. The summed E-state index contributed by atoms with van der Waals surface area (Å²) in [6, 6.07) is 4.99. The van der Waals surface area contributed by atoms with Crippen molar-refractivity contribution in [3.8, 4) is 5.75 Å². The number of rotatable bonds is 12. The molecule has 0 fully saturated rings. The molecule has 9 heteroatoms. The van der Waals surface area contributed by atoms with Crippen LogP contribution in [0, 0.1) is 0 Å². The zero-order valence-electron chi connectivity index (χ0n) is 17.7. The fourth-order valence-electron chi connectivity index (χ4n) is 3.28. The van der Waals surface area contributed by atoms with E-state index >= 15 is 0 Å². The highest BCUT2D eigenvalue weighted by Crippen LogP contribution is 2.44. The largest absolute Gasteiger partial charge is 0.573 e. The van der Waals surface area contributed by atoms with Crippen LogP contribution in [0.4, 0.5) is 18.9 Å². The highest BCUT2D eigenvalue weighted by Gasteiger charge is 2.39. The number of halogens is 3. The number of hydrogen-bond acceptors (Lipinski definition) is 5. The molecule has 1 aromatic rings. The molecule has 1 aromatic carbocycles. The molecule has 1 aliphatic heterocycles. The second-order valence-corrected chi connectivity index (χ2v) is 9.10. The SMILES string of the molecule is CCCCCCCCC1(C)SC(=O)C=C1OCC(=O)Nc1cccc(OC(F)(F)F)c1. The van der Waals surface area contributed by atoms with E-state index in [4.69, 9.17) is 4.74 Å². The lowest BCUT2D eigenvalue weighted by Gasteiger charge is -2.26. The molecule has 1 amide bonds. The number of carbonyl (C=O) groups excluding carboxylic acids is 2. The quantitative estimate of drug-likeness (QED) is 0.377. The first kappa shape index (κ1) is 25.1. The van der Waals surface area contributed by atoms with Gasteiger partial charge in [-0.15, -0.1) is 13.2 Å². The molecular formula is C22H28F3NO4S. The van der Waals surface area contributed by atoms with Gasteiger partial charge in [0.15, 0.2) is 6.61 Å². The van der Waals surface area contributed by atoms with Crippen LogP contribution in [0.1, 0.15) is 58.8 Å². The first-order valence-corrected chi connectivity index (χ1v) is 11.2. The summed E-state index contributed by atoms with van der Waals surface area (Å²) in [7, 11) is 0. The number of carbonyl (C=O) groups is 2. The number of thioether (sulfide) groups is 1. The maximum Gasteiger partial charge on any atom is 0.573 e. The molecule has 5 nitrogen and oxygen atoms in total. The van der Waals surface area contributed by atoms with E-state index in [9.17, 15) is 22.8 Å². The Morgan fingerprint density at radius 1 is 1.16 bits per heavy atom. The van der Waals surface area contributed by atoms with Gasteiger partial charge in [-0.05, 0) is 25.5 Å². The first-order valence-electron chi connectivity index (χ1n) is 10.3. The lowest BCUT2D eigenvalue weighted by Crippen LogP contribution is -2.26. The van der Waals surface area contributed by atoms with Crippen LogP contribution in [0.25, 0.3) is 0 Å². The van der Waals surface area contributed by atoms with Gasteiger partial charge >= 0.3 is 6.36 Å². The van der Waals surface area contributed by atoms with E-state index in [1.165, 1.54) is 49.2 Å². The van der Waals surface area contributed by atoms with Gasteiger partial charge in [-0.2, -0.15) is 0 Å². The maximum atomic E-state index is 12.3. The molecule has 0 aliphatic carbocycles. The molecule has 0 bridgehead atoms. The number of benzene rings is 1. The Balaban J connectivity index is 1.85. The van der Waals surface area contributed by atoms with Crippen LogP contribution in [-0.4, -0.2) is 28.7 Å². The van der Waals surface area contributed by atoms with Crippen molar-refractivity contribution in [3.63, 3.8) is 0 Å². The van der Waals surface area contributed by atoms with Gasteiger partial charge in [0.2, 0.25) is 5.12 Å². The fraction of sp³-hybridized carbons (Fsp3) is 0.545. The molecule has 1 aliphatic rings. The number of nitrogens with one attached hydrogen (secondary N) is 1. The van der Waals surface area contributed by atoms with E-state index in [1.807, 2.05) is 6.92 Å². The molecule has 0 spiro atoms. The fourth-order valence-corrected chi connectivity index (χ4v) is 4.36. The Bertz CT molecular complexity index is 797. The van der Waals surface area contributed by atoms with Crippen molar-refractivity contribution in [3.05, 3.63) is 36.1 Å². The summed E-state index contributed by atoms with van der Waals surface area (Å²) in [6.45, 7) is 3.74. The summed E-state index contributed by atoms with van der Waals surface area (Å²) in [6.07, 6.45) is 4.16. The number of alkyl halides is 3. The zero-order chi connectivity index (χ0) is 22.9. The lowest BCUT2D eigenvalue weighted by molar-refractivity contribution is -0.274. The van der Waals surface area contributed by atoms with Crippen molar-refractivity contribution in [2.24, 2.45) is 0 Å². The van der Waals surface area contributed by atoms with E-state index in [1.54, 1.807) is 0 Å². The average Bonchev–Trinajstić information content (AvgIpc) is 2.95. The number of anilines is 1. The van der Waals surface area contributed by atoms with Crippen LogP contribution in [-0.2, 0) is 14.3 Å². The summed E-state index contributed by atoms with van der Waals surface area (Å²) >= 11 is 1.20. The standard InChI is InChI=1S/C22H28F3NO4S/c1-3-4-5-6-7-8-12-21(2)18(14-20(28)31-21)29-15-19(27)26-16-10-9-11-17(13-16)30-22(23,24)25/h9-11,13-14H,3-8,12,15H2,1-2H3,(H,26,27). The summed E-state index contributed by atoms with van der Waals surface area (Å²) in [4.78, 5) is 24.1. The molecule has 0 aromatic heterocycles. The molecule has 0 radical (unpaired) electrons. The third kappa shape index (κ3) is 8.85. The lowest BCUT2D eigenvalue weighted by atomic mass is 9.99. The van der Waals surface area contributed by atoms with E-state index in [2.05, 4.69) is 17.0 Å². The minimum Gasteiger partial charge on any atom is -0.486 e. The molecule has 0 saturated heterocycles. The van der Waals surface area contributed by atoms with Crippen molar-refractivity contribution in [1.29, 1.82) is 0 Å². The molecule has 2 rings (SSSR count). The number of unbranched alkanes of at least 4 members (excludes halogenated alkanes) is 5. The van der Waals surface area contributed by atoms with Crippen molar-refractivity contribution in [2.75, 3.05) is 11.9 Å². The Morgan fingerprint density at radius 3 is 2.58 bits per heavy atom. The van der Waals surface area contributed by atoms with Gasteiger partial charge in [-0.3, -0.25) is 9.59 Å². The molecule has 1 atom stereocenters. The van der Waals surface area contributed by atoms with Gasteiger partial charge in [0.05, 0.1) is 4.75 Å². The molecule has 31 heavy (non-hydrogen) atoms. The van der Waals surface area contributed by atoms with E-state index in [0.29, 0.717) is 5.76 Å². The Kier molecular flexibility index (Phi) is 9.28. The molecule has 1 N–H and O–H groups in total. The van der Waals surface area contributed by atoms with Gasteiger partial charge in [-0.25, -0.2) is 0 Å². The Morgan fingerprint density at radius 2 is 1.87 bits per heavy atom. The van der Waals surface area contributed by atoms with Gasteiger partial charge in [0.25, 0.3) is 5.91 Å². The predicted octanol–water partition coefficient (Wildman–Crippen LogP) is 6.21. The summed E-state index contributed by atoms with van der Waals surface area (Å²) in [5, 5.41) is 2.36. The summed E-state index contributed by atoms with van der Waals surface area (Å²) in [5.41, 5.74) is 0.149. The van der Waals surface area contributed by atoms with E-state index in [-0.39, 0.29) is 17.4 Å². The van der Waals surface area contributed by atoms with Gasteiger partial charge < -0.3 is 14.8 Å². The Labute approximate surface area is 184 Å². The maximum absolute atomic E-state index is 12.3. The Hall–Kier alpha value is -2.16. The van der Waals surface area contributed by atoms with E-state index in [0.717, 1.165) is 37.8 Å². The normalized spacial score (nSPS) is 18.6. The van der Waals surface area contributed by atoms with Crippen LogP contribution in [0.2, 0.25) is 0 Å². The zero-order valence-corrected chi connectivity index (χ0v) is 18.5. The number of hydrogen-bond donors (Lipinski definition) is 1. The smallest absolute Gasteiger partial charge is 0.486 e. The highest BCUT2D eigenvalue weighted by atomic mass is 32.2. The third-order valence-corrected chi connectivity index (χ3v) is 5.99. The monoisotopic (exact) mass is 459 g/mol. The van der Waals surface area contributed by atoms with Crippen LogP contribution < -0.4 is 10.1 Å². The van der Waals surface area contributed by atoms with Gasteiger partial charge in [0, 0.05) is 17.8 Å². The van der Waals surface area contributed by atoms with Crippen LogP contribution in [0.15, 0.2) is 36.1 Å². The predicted molar refractivity (Wildman–Crippen MR) is 115 cm³/mol. The van der Waals surface area contributed by atoms with Crippen molar-refractivity contribution >= 4 is 28.5 Å². The average molecular weight is 460 g/mol. The van der Waals surface area contributed by atoms with Gasteiger partial charge in [-0.1, -0.05) is 63.3 Å². The third-order valence-electron chi connectivity index (χ3n) is 4.81. The molecule has 1 heterocycles. The molecule has 1 unspecified atom stereocenters. The molecular weight excluding hydrogens is 431 g/mol. The number of ether oxygens (including phenoxy) is 2. The van der Waals surface area contributed by atoms with Crippen molar-refractivity contribution in [1.82, 2.24) is 0 Å². The van der Waals surface area contributed by atoms with Crippen molar-refractivity contribution < 1.29 is 32.2 Å². The van der Waals surface area contributed by atoms with Crippen LogP contribution in [0.3, 0.4) is 0 Å². The second-order valence-electron chi connectivity index (χ2n) is 7.59. The van der Waals surface area contributed by atoms with Crippen molar-refractivity contribution in [2.45, 2.75) is 69.9 Å². The topological polar surface area (TPSA) is 64.6 Å². The van der Waals surface area contributed by atoms with Crippen LogP contribution >= 0.6 is 11.8 Å².